The smallest absolute Gasteiger partial charge is 0.119 e. The topological polar surface area (TPSA) is 60.2 Å². The molecule has 4 nitrogen and oxygen atoms in total. The van der Waals surface area contributed by atoms with Crippen LogP contribution in [0.3, 0.4) is 0 Å². The van der Waals surface area contributed by atoms with E-state index in [0.717, 1.165) is 40.0 Å². The van der Waals surface area contributed by atoms with Gasteiger partial charge in [0, 0.05) is 11.1 Å². The van der Waals surface area contributed by atoms with Crippen molar-refractivity contribution in [3.05, 3.63) is 29.5 Å². The van der Waals surface area contributed by atoms with Crippen molar-refractivity contribution in [2.75, 3.05) is 12.5 Å². The molecule has 4 heteroatoms. The zero-order valence-corrected chi connectivity index (χ0v) is 10.4. The molecule has 0 unspecified atom stereocenters. The number of aromatic nitrogens is 1. The van der Waals surface area contributed by atoms with Gasteiger partial charge in [-0.3, -0.25) is 10.8 Å². The van der Waals surface area contributed by atoms with Crippen LogP contribution in [0.2, 0.25) is 0 Å². The summed E-state index contributed by atoms with van der Waals surface area (Å²) in [6, 6.07) is 5.90. The lowest BCUT2D eigenvalue weighted by Crippen LogP contribution is -2.08. The van der Waals surface area contributed by atoms with Gasteiger partial charge in [0.05, 0.1) is 18.3 Å². The van der Waals surface area contributed by atoms with Crippen molar-refractivity contribution in [2.45, 2.75) is 20.3 Å². The normalized spacial score (nSPS) is 10.6. The van der Waals surface area contributed by atoms with E-state index in [4.69, 9.17) is 10.6 Å². The molecule has 0 saturated carbocycles. The summed E-state index contributed by atoms with van der Waals surface area (Å²) in [6.07, 6.45) is 0.885. The van der Waals surface area contributed by atoms with Gasteiger partial charge in [-0.1, -0.05) is 6.92 Å². The van der Waals surface area contributed by atoms with Gasteiger partial charge < -0.3 is 10.2 Å². The number of anilines is 1. The average molecular weight is 231 g/mol. The number of methoxy groups -OCH3 is 1. The van der Waals surface area contributed by atoms with Crippen LogP contribution in [-0.2, 0) is 6.42 Å². The molecule has 0 amide bonds. The number of hydrazine groups is 1. The Balaban J connectivity index is 2.79. The molecule has 1 aromatic carbocycles. The molecule has 0 spiro atoms. The zero-order valence-electron chi connectivity index (χ0n) is 10.4. The summed E-state index contributed by atoms with van der Waals surface area (Å²) in [7, 11) is 1.66. The number of nitrogens with two attached hydrogens (primary N) is 1. The fraction of sp³-hybridized carbons (Fsp3) is 0.308. The van der Waals surface area contributed by atoms with Crippen LogP contribution in [0.15, 0.2) is 18.2 Å². The second-order valence-electron chi connectivity index (χ2n) is 4.00. The summed E-state index contributed by atoms with van der Waals surface area (Å²) in [5, 5.41) is 0.988. The molecule has 2 aromatic rings. The maximum Gasteiger partial charge on any atom is 0.119 e. The molecule has 1 heterocycles. The Morgan fingerprint density at radius 2 is 2.12 bits per heavy atom. The SMILES string of the molecule is CCc1cc(NN)c2cc(OC)cc(C)c2n1. The van der Waals surface area contributed by atoms with Crippen LogP contribution in [0.4, 0.5) is 5.69 Å². The first kappa shape index (κ1) is 11.7. The van der Waals surface area contributed by atoms with E-state index in [1.807, 2.05) is 25.1 Å². The number of hydrogen-bond acceptors (Lipinski definition) is 4. The largest absolute Gasteiger partial charge is 0.497 e. The van der Waals surface area contributed by atoms with E-state index >= 15 is 0 Å². The first-order valence-corrected chi connectivity index (χ1v) is 5.64. The number of benzene rings is 1. The summed E-state index contributed by atoms with van der Waals surface area (Å²) in [4.78, 5) is 4.63. The minimum absolute atomic E-state index is 0.817. The van der Waals surface area contributed by atoms with Crippen molar-refractivity contribution in [3.63, 3.8) is 0 Å². The number of ether oxygens (including phenoxy) is 1. The van der Waals surface area contributed by atoms with E-state index in [1.165, 1.54) is 0 Å². The van der Waals surface area contributed by atoms with Crippen molar-refractivity contribution in [2.24, 2.45) is 5.84 Å². The number of fused-ring (bicyclic) bond motifs is 1. The van der Waals surface area contributed by atoms with E-state index in [-0.39, 0.29) is 0 Å². The van der Waals surface area contributed by atoms with Gasteiger partial charge in [0.15, 0.2) is 0 Å². The second-order valence-corrected chi connectivity index (χ2v) is 4.00. The molecule has 0 radical (unpaired) electrons. The molecule has 1 aromatic heterocycles. The van der Waals surface area contributed by atoms with E-state index < -0.39 is 0 Å². The van der Waals surface area contributed by atoms with Crippen LogP contribution >= 0.6 is 0 Å². The van der Waals surface area contributed by atoms with Gasteiger partial charge in [-0.25, -0.2) is 0 Å². The Bertz CT molecular complexity index is 552. The predicted molar refractivity (Wildman–Crippen MR) is 70.2 cm³/mol. The van der Waals surface area contributed by atoms with E-state index in [2.05, 4.69) is 17.3 Å². The van der Waals surface area contributed by atoms with Gasteiger partial charge >= 0.3 is 0 Å². The highest BCUT2D eigenvalue weighted by atomic mass is 16.5. The van der Waals surface area contributed by atoms with Crippen LogP contribution in [0.25, 0.3) is 10.9 Å². The van der Waals surface area contributed by atoms with Crippen LogP contribution in [0, 0.1) is 6.92 Å². The van der Waals surface area contributed by atoms with E-state index in [0.29, 0.717) is 0 Å². The van der Waals surface area contributed by atoms with Crippen LogP contribution in [-0.4, -0.2) is 12.1 Å². The van der Waals surface area contributed by atoms with E-state index in [9.17, 15) is 0 Å². The molecule has 90 valence electrons. The number of nitrogens with zero attached hydrogens (tertiary/aromatic N) is 1. The van der Waals surface area contributed by atoms with Crippen LogP contribution in [0.5, 0.6) is 5.75 Å². The first-order valence-electron chi connectivity index (χ1n) is 5.64. The summed E-state index contributed by atoms with van der Waals surface area (Å²) in [6.45, 7) is 4.10. The molecule has 0 fully saturated rings. The van der Waals surface area contributed by atoms with E-state index in [1.54, 1.807) is 7.11 Å². The molecular weight excluding hydrogens is 214 g/mol. The molecule has 0 aliphatic rings. The predicted octanol–water partition coefficient (Wildman–Crippen LogP) is 2.40. The Morgan fingerprint density at radius 3 is 2.71 bits per heavy atom. The van der Waals surface area contributed by atoms with Crippen molar-refractivity contribution in [1.82, 2.24) is 4.98 Å². The number of aryl methyl sites for hydroxylation is 2. The minimum Gasteiger partial charge on any atom is -0.497 e. The maximum absolute atomic E-state index is 5.56. The van der Waals surface area contributed by atoms with Crippen LogP contribution in [0.1, 0.15) is 18.2 Å². The zero-order chi connectivity index (χ0) is 12.4. The third-order valence-electron chi connectivity index (χ3n) is 2.88. The van der Waals surface area contributed by atoms with Gasteiger partial charge in [0.25, 0.3) is 0 Å². The number of nitrogen functional groups attached to an aromatic ring is 1. The first-order chi connectivity index (χ1) is 8.19. The fourth-order valence-electron chi connectivity index (χ4n) is 1.94. The number of pyridine rings is 1. The lowest BCUT2D eigenvalue weighted by molar-refractivity contribution is 0.415. The Morgan fingerprint density at radius 1 is 1.35 bits per heavy atom. The summed E-state index contributed by atoms with van der Waals surface area (Å²) in [5.74, 6) is 6.38. The highest BCUT2D eigenvalue weighted by Crippen LogP contribution is 2.29. The number of rotatable bonds is 3. The van der Waals surface area contributed by atoms with Crippen molar-refractivity contribution in [1.29, 1.82) is 0 Å². The lowest BCUT2D eigenvalue weighted by Gasteiger charge is -2.11. The molecule has 17 heavy (non-hydrogen) atoms. The Kier molecular flexibility index (Phi) is 3.15. The standard InChI is InChI=1S/C13H17N3O/c1-4-9-6-12(16-14)11-7-10(17-3)5-8(2)13(11)15-9/h5-7H,4,14H2,1-3H3,(H,15,16). The Hall–Kier alpha value is -1.81. The van der Waals surface area contributed by atoms with Gasteiger partial charge in [0.2, 0.25) is 0 Å². The highest BCUT2D eigenvalue weighted by Gasteiger charge is 2.08. The molecule has 0 bridgehead atoms. The highest BCUT2D eigenvalue weighted by molar-refractivity contribution is 5.94. The molecular formula is C13H17N3O. The van der Waals surface area contributed by atoms with Gasteiger partial charge in [-0.2, -0.15) is 0 Å². The molecule has 3 N–H and O–H groups in total. The lowest BCUT2D eigenvalue weighted by atomic mass is 10.1. The third kappa shape index (κ3) is 2.03. The third-order valence-corrected chi connectivity index (χ3v) is 2.88. The fourth-order valence-corrected chi connectivity index (χ4v) is 1.94. The molecule has 0 aliphatic heterocycles. The van der Waals surface area contributed by atoms with Gasteiger partial charge in [-0.05, 0) is 37.1 Å². The number of nitrogens with one attached hydrogen (secondary N) is 1. The van der Waals surface area contributed by atoms with Gasteiger partial charge in [0.1, 0.15) is 5.75 Å². The van der Waals surface area contributed by atoms with Gasteiger partial charge in [-0.15, -0.1) is 0 Å². The molecule has 2 rings (SSSR count). The Labute approximate surface area is 101 Å². The number of hydrogen-bond donors (Lipinski definition) is 2. The molecule has 0 saturated heterocycles. The van der Waals surface area contributed by atoms with Crippen molar-refractivity contribution >= 4 is 16.6 Å². The average Bonchev–Trinajstić information content (AvgIpc) is 2.37. The quantitative estimate of drug-likeness (QED) is 0.629. The molecule has 0 aliphatic carbocycles. The summed E-state index contributed by atoms with van der Waals surface area (Å²) >= 11 is 0. The second kappa shape index (κ2) is 4.59. The summed E-state index contributed by atoms with van der Waals surface area (Å²) in [5.41, 5.74) is 6.70. The monoisotopic (exact) mass is 231 g/mol. The van der Waals surface area contributed by atoms with Crippen molar-refractivity contribution in [3.8, 4) is 5.75 Å². The minimum atomic E-state index is 0.817. The van der Waals surface area contributed by atoms with Crippen LogP contribution < -0.4 is 16.0 Å². The molecule has 0 atom stereocenters. The maximum atomic E-state index is 5.56. The van der Waals surface area contributed by atoms with Crippen molar-refractivity contribution < 1.29 is 4.74 Å². The summed E-state index contributed by atoms with van der Waals surface area (Å²) < 4.78 is 5.26.